The second kappa shape index (κ2) is 5.74. The summed E-state index contributed by atoms with van der Waals surface area (Å²) in [5.74, 6) is -0.192. The summed E-state index contributed by atoms with van der Waals surface area (Å²) in [6.45, 7) is 3.87. The normalized spacial score (nSPS) is 14.6. The third kappa shape index (κ3) is 2.91. The van der Waals surface area contributed by atoms with E-state index < -0.39 is 11.0 Å². The van der Waals surface area contributed by atoms with Crippen LogP contribution in [0, 0.1) is 10.1 Å². The molecule has 1 aromatic carbocycles. The van der Waals surface area contributed by atoms with Gasteiger partial charge >= 0.3 is 6.09 Å². The lowest BCUT2D eigenvalue weighted by molar-refractivity contribution is -0.384. The number of ether oxygens (including phenoxy) is 1. The van der Waals surface area contributed by atoms with Gasteiger partial charge in [0.15, 0.2) is 0 Å². The largest absolute Gasteiger partial charge is 0.422 e. The topological polar surface area (TPSA) is 89.8 Å². The van der Waals surface area contributed by atoms with Crippen LogP contribution in [0.5, 0.6) is 5.75 Å². The molecule has 0 spiro atoms. The zero-order chi connectivity index (χ0) is 15.6. The van der Waals surface area contributed by atoms with Gasteiger partial charge in [-0.2, -0.15) is 0 Å². The number of nitrogens with zero attached hydrogens (tertiary/aromatic N) is 2. The molecule has 2 amide bonds. The van der Waals surface area contributed by atoms with Gasteiger partial charge in [-0.05, 0) is 31.1 Å². The summed E-state index contributed by atoms with van der Waals surface area (Å²) in [5, 5.41) is 10.5. The molecule has 7 nitrogen and oxygen atoms in total. The molecule has 7 heteroatoms. The Balaban J connectivity index is 2.06. The van der Waals surface area contributed by atoms with E-state index in [4.69, 9.17) is 4.74 Å². The van der Waals surface area contributed by atoms with Crippen molar-refractivity contribution in [3.05, 3.63) is 45.5 Å². The molecule has 0 radical (unpaired) electrons. The summed E-state index contributed by atoms with van der Waals surface area (Å²) in [4.78, 5) is 35.0. The first-order valence-electron chi connectivity index (χ1n) is 6.40. The highest BCUT2D eigenvalue weighted by atomic mass is 16.6. The minimum atomic E-state index is -0.781. The van der Waals surface area contributed by atoms with Gasteiger partial charge in [0.1, 0.15) is 5.75 Å². The predicted molar refractivity (Wildman–Crippen MR) is 73.8 cm³/mol. The molecule has 0 saturated carbocycles. The van der Waals surface area contributed by atoms with Crippen molar-refractivity contribution in [3.63, 3.8) is 0 Å². The monoisotopic (exact) mass is 290 g/mol. The number of rotatable bonds is 3. The Morgan fingerprint density at radius 3 is 2.48 bits per heavy atom. The molecule has 1 aliphatic rings. The Labute approximate surface area is 121 Å². The molecule has 0 atom stereocenters. The highest BCUT2D eigenvalue weighted by Gasteiger charge is 2.32. The molecule has 110 valence electrons. The van der Waals surface area contributed by atoms with Crippen molar-refractivity contribution >= 4 is 17.7 Å². The van der Waals surface area contributed by atoms with Gasteiger partial charge in [0.25, 0.3) is 11.6 Å². The summed E-state index contributed by atoms with van der Waals surface area (Å²) in [7, 11) is 0. The maximum absolute atomic E-state index is 12.0. The molecule has 0 bridgehead atoms. The lowest BCUT2D eigenvalue weighted by Gasteiger charge is -2.14. The van der Waals surface area contributed by atoms with Gasteiger partial charge < -0.3 is 4.74 Å². The Bertz CT molecular complexity index is 633. The number of imide groups is 1. The minimum Gasteiger partial charge on any atom is -0.410 e. The van der Waals surface area contributed by atoms with Gasteiger partial charge in [-0.15, -0.1) is 0 Å². The number of amides is 2. The fourth-order valence-electron chi connectivity index (χ4n) is 2.14. The average Bonchev–Trinajstić information content (AvgIpc) is 2.74. The lowest BCUT2D eigenvalue weighted by atomic mass is 10.1. The maximum Gasteiger partial charge on any atom is 0.422 e. The molecular weight excluding hydrogens is 276 g/mol. The van der Waals surface area contributed by atoms with Crippen LogP contribution in [-0.2, 0) is 4.79 Å². The molecule has 2 rings (SSSR count). The van der Waals surface area contributed by atoms with Crippen LogP contribution in [0.25, 0.3) is 0 Å². The summed E-state index contributed by atoms with van der Waals surface area (Å²) in [6.07, 6.45) is -0.219. The molecule has 0 fully saturated rings. The van der Waals surface area contributed by atoms with Crippen LogP contribution in [0.4, 0.5) is 10.5 Å². The van der Waals surface area contributed by atoms with Gasteiger partial charge in [0.2, 0.25) is 0 Å². The fourth-order valence-corrected chi connectivity index (χ4v) is 2.14. The van der Waals surface area contributed by atoms with Crippen molar-refractivity contribution in [2.75, 3.05) is 6.54 Å². The first-order chi connectivity index (χ1) is 9.93. The molecule has 1 aromatic rings. The van der Waals surface area contributed by atoms with Crippen LogP contribution in [-0.4, -0.2) is 28.4 Å². The van der Waals surface area contributed by atoms with E-state index in [2.05, 4.69) is 0 Å². The Morgan fingerprint density at radius 2 is 2.00 bits per heavy atom. The fraction of sp³-hybridized carbons (Fsp3) is 0.286. The first kappa shape index (κ1) is 14.7. The van der Waals surface area contributed by atoms with E-state index in [1.807, 2.05) is 6.92 Å². The van der Waals surface area contributed by atoms with Crippen LogP contribution in [0.2, 0.25) is 0 Å². The van der Waals surface area contributed by atoms with E-state index in [1.54, 1.807) is 6.92 Å². The summed E-state index contributed by atoms with van der Waals surface area (Å²) >= 11 is 0. The van der Waals surface area contributed by atoms with Crippen LogP contribution < -0.4 is 4.74 Å². The molecule has 0 aromatic heterocycles. The van der Waals surface area contributed by atoms with Crippen molar-refractivity contribution in [1.29, 1.82) is 0 Å². The van der Waals surface area contributed by atoms with Crippen molar-refractivity contribution in [2.24, 2.45) is 0 Å². The van der Waals surface area contributed by atoms with E-state index in [9.17, 15) is 19.7 Å². The van der Waals surface area contributed by atoms with Gasteiger partial charge in [0.05, 0.1) is 11.5 Å². The predicted octanol–water partition coefficient (Wildman–Crippen LogP) is 2.66. The van der Waals surface area contributed by atoms with Crippen LogP contribution in [0.15, 0.2) is 35.4 Å². The second-order valence-corrected chi connectivity index (χ2v) is 4.62. The van der Waals surface area contributed by atoms with Gasteiger partial charge in [0, 0.05) is 17.7 Å². The molecule has 0 saturated heterocycles. The SMILES string of the molecule is CCC1=C(C)CN(C(=O)Oc2ccc([N+](=O)[O-])cc2)C1=O. The van der Waals surface area contributed by atoms with Crippen LogP contribution in [0.1, 0.15) is 20.3 Å². The van der Waals surface area contributed by atoms with Crippen LogP contribution in [0.3, 0.4) is 0 Å². The second-order valence-electron chi connectivity index (χ2n) is 4.62. The number of carbonyl (C=O) groups is 2. The summed E-state index contributed by atoms with van der Waals surface area (Å²) < 4.78 is 5.06. The number of benzene rings is 1. The minimum absolute atomic E-state index is 0.0992. The van der Waals surface area contributed by atoms with E-state index in [-0.39, 0.29) is 23.9 Å². The Morgan fingerprint density at radius 1 is 1.38 bits per heavy atom. The van der Waals surface area contributed by atoms with Crippen molar-refractivity contribution in [3.8, 4) is 5.75 Å². The Kier molecular flexibility index (Phi) is 4.02. The highest BCUT2D eigenvalue weighted by Crippen LogP contribution is 2.23. The van der Waals surface area contributed by atoms with Gasteiger partial charge in [-0.3, -0.25) is 14.9 Å². The standard InChI is InChI=1S/C14H14N2O5/c1-3-12-9(2)8-15(13(12)17)14(18)21-11-6-4-10(5-7-11)16(19)20/h4-7H,3,8H2,1-2H3. The highest BCUT2D eigenvalue weighted by molar-refractivity contribution is 6.05. The van der Waals surface area contributed by atoms with E-state index in [1.165, 1.54) is 24.3 Å². The smallest absolute Gasteiger partial charge is 0.410 e. The molecule has 0 aliphatic carbocycles. The van der Waals surface area contributed by atoms with Crippen molar-refractivity contribution < 1.29 is 19.2 Å². The molecule has 21 heavy (non-hydrogen) atoms. The number of hydrogen-bond donors (Lipinski definition) is 0. The van der Waals surface area contributed by atoms with E-state index in [0.717, 1.165) is 10.5 Å². The van der Waals surface area contributed by atoms with E-state index >= 15 is 0 Å². The molecule has 1 aliphatic heterocycles. The molecular formula is C14H14N2O5. The van der Waals surface area contributed by atoms with Crippen molar-refractivity contribution in [2.45, 2.75) is 20.3 Å². The Hall–Kier alpha value is -2.70. The van der Waals surface area contributed by atoms with Gasteiger partial charge in [-0.1, -0.05) is 6.92 Å². The first-order valence-corrected chi connectivity index (χ1v) is 6.40. The third-order valence-corrected chi connectivity index (χ3v) is 3.24. The average molecular weight is 290 g/mol. The zero-order valence-electron chi connectivity index (χ0n) is 11.7. The molecule has 1 heterocycles. The number of non-ortho nitro benzene ring substituents is 1. The lowest BCUT2D eigenvalue weighted by Crippen LogP contribution is -2.36. The molecule has 0 N–H and O–H groups in total. The number of nitro benzene ring substituents is 1. The number of hydrogen-bond acceptors (Lipinski definition) is 5. The van der Waals surface area contributed by atoms with Crippen molar-refractivity contribution in [1.82, 2.24) is 4.90 Å². The quantitative estimate of drug-likeness (QED) is 0.630. The maximum atomic E-state index is 12.0. The van der Waals surface area contributed by atoms with E-state index in [0.29, 0.717) is 12.0 Å². The summed E-state index contributed by atoms with van der Waals surface area (Å²) in [6, 6.07) is 5.10. The molecule has 0 unspecified atom stereocenters. The number of carbonyl (C=O) groups excluding carboxylic acids is 2. The zero-order valence-corrected chi connectivity index (χ0v) is 11.7. The van der Waals surface area contributed by atoms with Crippen LogP contribution >= 0.6 is 0 Å². The summed E-state index contributed by atoms with van der Waals surface area (Å²) in [5.41, 5.74) is 1.37. The third-order valence-electron chi connectivity index (χ3n) is 3.24. The number of nitro groups is 1. The van der Waals surface area contributed by atoms with Gasteiger partial charge in [-0.25, -0.2) is 9.69 Å².